The van der Waals surface area contributed by atoms with Gasteiger partial charge in [0.05, 0.1) is 0 Å². The Bertz CT molecular complexity index is 220. The van der Waals surface area contributed by atoms with Crippen LogP contribution < -0.4 is 5.32 Å². The first-order chi connectivity index (χ1) is 7.24. The van der Waals surface area contributed by atoms with E-state index in [0.29, 0.717) is 25.9 Å². The highest BCUT2D eigenvalue weighted by Gasteiger charge is 2.57. The molecule has 1 N–H and O–H groups in total. The molecule has 0 aromatic carbocycles. The van der Waals surface area contributed by atoms with Gasteiger partial charge in [0, 0.05) is 6.42 Å². The van der Waals surface area contributed by atoms with Gasteiger partial charge in [0.2, 0.25) is 0 Å². The van der Waals surface area contributed by atoms with Crippen LogP contribution in [0.1, 0.15) is 26.2 Å². The Labute approximate surface area is 91.4 Å². The third-order valence-electron chi connectivity index (χ3n) is 3.18. The van der Waals surface area contributed by atoms with E-state index in [0.717, 1.165) is 0 Å². The predicted octanol–water partition coefficient (Wildman–Crippen LogP) is 3.21. The van der Waals surface area contributed by atoms with Crippen LogP contribution in [0, 0.1) is 11.8 Å². The topological polar surface area (TPSA) is 12.0 Å². The molecule has 1 saturated heterocycles. The van der Waals surface area contributed by atoms with Crippen molar-refractivity contribution >= 4 is 0 Å². The first-order valence-electron chi connectivity index (χ1n) is 5.39. The van der Waals surface area contributed by atoms with Crippen LogP contribution in [0.4, 0.5) is 22.0 Å². The molecule has 1 fully saturated rings. The first kappa shape index (κ1) is 13.7. The maximum atomic E-state index is 12.8. The molecule has 0 radical (unpaired) electrons. The van der Waals surface area contributed by atoms with Crippen molar-refractivity contribution in [3.63, 3.8) is 0 Å². The standard InChI is InChI=1S/C10H16F5N/c1-7(8-2-4-16-5-3-8)6-9(11,12)10(13,14)15/h7-8,16H,2-6H2,1H3. The maximum absolute atomic E-state index is 12.8. The molecule has 0 spiro atoms. The van der Waals surface area contributed by atoms with Crippen molar-refractivity contribution in [2.75, 3.05) is 13.1 Å². The Morgan fingerprint density at radius 3 is 2.06 bits per heavy atom. The smallest absolute Gasteiger partial charge is 0.317 e. The van der Waals surface area contributed by atoms with Crippen molar-refractivity contribution in [1.29, 1.82) is 0 Å². The van der Waals surface area contributed by atoms with Crippen LogP contribution in [0.25, 0.3) is 0 Å². The Morgan fingerprint density at radius 2 is 1.62 bits per heavy atom. The largest absolute Gasteiger partial charge is 0.453 e. The fraction of sp³-hybridized carbons (Fsp3) is 1.00. The van der Waals surface area contributed by atoms with E-state index in [9.17, 15) is 22.0 Å². The summed E-state index contributed by atoms with van der Waals surface area (Å²) in [5.41, 5.74) is 0. The van der Waals surface area contributed by atoms with Crippen LogP contribution in [0.5, 0.6) is 0 Å². The molecule has 1 rings (SSSR count). The minimum absolute atomic E-state index is 0.0329. The summed E-state index contributed by atoms with van der Waals surface area (Å²) in [6.07, 6.45) is -5.17. The second-order valence-corrected chi connectivity index (χ2v) is 4.47. The van der Waals surface area contributed by atoms with Gasteiger partial charge in [0.25, 0.3) is 0 Å². The summed E-state index contributed by atoms with van der Waals surface area (Å²) in [4.78, 5) is 0. The number of piperidine rings is 1. The van der Waals surface area contributed by atoms with E-state index in [4.69, 9.17) is 0 Å². The number of nitrogens with one attached hydrogen (secondary N) is 1. The highest BCUT2D eigenvalue weighted by atomic mass is 19.4. The van der Waals surface area contributed by atoms with Crippen molar-refractivity contribution in [1.82, 2.24) is 5.32 Å². The molecule has 0 amide bonds. The van der Waals surface area contributed by atoms with Gasteiger partial charge in [-0.2, -0.15) is 22.0 Å². The van der Waals surface area contributed by atoms with Crippen LogP contribution in [0.15, 0.2) is 0 Å². The molecule has 0 saturated carbocycles. The number of halogens is 5. The molecule has 0 aromatic rings. The highest BCUT2D eigenvalue weighted by molar-refractivity contribution is 4.82. The molecule has 1 aliphatic heterocycles. The van der Waals surface area contributed by atoms with E-state index in [1.165, 1.54) is 6.92 Å². The van der Waals surface area contributed by atoms with Gasteiger partial charge in [-0.15, -0.1) is 0 Å². The zero-order valence-corrected chi connectivity index (χ0v) is 9.08. The summed E-state index contributed by atoms with van der Waals surface area (Å²) < 4.78 is 61.6. The zero-order valence-electron chi connectivity index (χ0n) is 9.08. The van der Waals surface area contributed by atoms with Gasteiger partial charge in [-0.25, -0.2) is 0 Å². The van der Waals surface area contributed by atoms with Gasteiger partial charge >= 0.3 is 12.1 Å². The summed E-state index contributed by atoms with van der Waals surface area (Å²) in [6.45, 7) is 2.88. The van der Waals surface area contributed by atoms with Crippen LogP contribution in [-0.2, 0) is 0 Å². The molecule has 0 aliphatic carbocycles. The Balaban J connectivity index is 2.52. The summed E-state index contributed by atoms with van der Waals surface area (Å²) in [5.74, 6) is -5.19. The van der Waals surface area contributed by atoms with E-state index in [2.05, 4.69) is 5.32 Å². The fourth-order valence-corrected chi connectivity index (χ4v) is 2.10. The second-order valence-electron chi connectivity index (χ2n) is 4.47. The quantitative estimate of drug-likeness (QED) is 0.753. The van der Waals surface area contributed by atoms with Crippen molar-refractivity contribution in [2.45, 2.75) is 38.3 Å². The summed E-state index contributed by atoms with van der Waals surface area (Å²) in [5, 5.41) is 3.05. The van der Waals surface area contributed by atoms with Crippen molar-refractivity contribution in [3.05, 3.63) is 0 Å². The van der Waals surface area contributed by atoms with E-state index >= 15 is 0 Å². The van der Waals surface area contributed by atoms with Gasteiger partial charge in [-0.1, -0.05) is 6.92 Å². The minimum atomic E-state index is -5.42. The van der Waals surface area contributed by atoms with E-state index in [1.807, 2.05) is 0 Å². The third kappa shape index (κ3) is 3.30. The average molecular weight is 245 g/mol. The van der Waals surface area contributed by atoms with Crippen LogP contribution in [0.2, 0.25) is 0 Å². The molecular formula is C10H16F5N. The molecule has 0 aromatic heterocycles. The molecule has 96 valence electrons. The van der Waals surface area contributed by atoms with Crippen molar-refractivity contribution in [2.24, 2.45) is 11.8 Å². The molecule has 6 heteroatoms. The minimum Gasteiger partial charge on any atom is -0.317 e. The summed E-state index contributed by atoms with van der Waals surface area (Å²) in [6, 6.07) is 0. The van der Waals surface area contributed by atoms with Crippen molar-refractivity contribution < 1.29 is 22.0 Å². The number of rotatable bonds is 3. The summed E-state index contributed by atoms with van der Waals surface area (Å²) in [7, 11) is 0. The molecule has 1 heterocycles. The molecular weight excluding hydrogens is 229 g/mol. The maximum Gasteiger partial charge on any atom is 0.453 e. The monoisotopic (exact) mass is 245 g/mol. The lowest BCUT2D eigenvalue weighted by molar-refractivity contribution is -0.288. The van der Waals surface area contributed by atoms with Crippen LogP contribution in [0.3, 0.4) is 0 Å². The van der Waals surface area contributed by atoms with Crippen LogP contribution in [-0.4, -0.2) is 25.2 Å². The van der Waals surface area contributed by atoms with Crippen LogP contribution >= 0.6 is 0 Å². The molecule has 16 heavy (non-hydrogen) atoms. The second kappa shape index (κ2) is 4.85. The third-order valence-corrected chi connectivity index (χ3v) is 3.18. The lowest BCUT2D eigenvalue weighted by Gasteiger charge is -2.31. The SMILES string of the molecule is CC(CC(F)(F)C(F)(F)F)C1CCNCC1. The highest BCUT2D eigenvalue weighted by Crippen LogP contribution is 2.42. The Hall–Kier alpha value is -0.390. The fourth-order valence-electron chi connectivity index (χ4n) is 2.10. The molecule has 1 unspecified atom stereocenters. The van der Waals surface area contributed by atoms with E-state index in [1.54, 1.807) is 0 Å². The lowest BCUT2D eigenvalue weighted by Crippen LogP contribution is -2.40. The molecule has 1 aliphatic rings. The molecule has 1 atom stereocenters. The summed E-state index contributed by atoms with van der Waals surface area (Å²) >= 11 is 0. The van der Waals surface area contributed by atoms with Gasteiger partial charge in [0.15, 0.2) is 0 Å². The average Bonchev–Trinajstić information content (AvgIpc) is 2.16. The Morgan fingerprint density at radius 1 is 1.12 bits per heavy atom. The normalized spacial score (nSPS) is 22.1. The van der Waals surface area contributed by atoms with Crippen molar-refractivity contribution in [3.8, 4) is 0 Å². The lowest BCUT2D eigenvalue weighted by atomic mass is 9.82. The first-order valence-corrected chi connectivity index (χ1v) is 5.39. The zero-order chi connectivity index (χ0) is 12.4. The molecule has 0 bridgehead atoms. The van der Waals surface area contributed by atoms with E-state index in [-0.39, 0.29) is 5.92 Å². The van der Waals surface area contributed by atoms with Gasteiger partial charge < -0.3 is 5.32 Å². The molecule has 1 nitrogen and oxygen atoms in total. The number of hydrogen-bond acceptors (Lipinski definition) is 1. The van der Waals surface area contributed by atoms with Gasteiger partial charge in [-0.05, 0) is 37.8 Å². The number of alkyl halides is 5. The Kier molecular flexibility index (Phi) is 4.15. The van der Waals surface area contributed by atoms with E-state index < -0.39 is 24.4 Å². The van der Waals surface area contributed by atoms with Gasteiger partial charge in [-0.3, -0.25) is 0 Å². The number of hydrogen-bond donors (Lipinski definition) is 1. The predicted molar refractivity (Wildman–Crippen MR) is 50.4 cm³/mol. The van der Waals surface area contributed by atoms with Gasteiger partial charge in [0.1, 0.15) is 0 Å².